The van der Waals surface area contributed by atoms with Crippen LogP contribution in [0, 0.1) is 0 Å². The van der Waals surface area contributed by atoms with E-state index < -0.39 is 12.1 Å². The molecule has 2 aromatic rings. The fourth-order valence-corrected chi connectivity index (χ4v) is 2.75. The van der Waals surface area contributed by atoms with Crippen LogP contribution in [0.5, 0.6) is 0 Å². The molecule has 4 heteroatoms. The number of cyclic esters (lactones) is 1. The standard InChI is InChI=1S/C20H21NO3/c1-20(2,3)14-8-10-15(11-9-14)21-18(22)17-12-13-6-4-5-7-16(13)19(23)24-17/h4-11,17H,12H2,1-3H3,(H,21,22). The number of hydrogen-bond donors (Lipinski definition) is 1. The van der Waals surface area contributed by atoms with Crippen molar-refractivity contribution < 1.29 is 14.3 Å². The summed E-state index contributed by atoms with van der Waals surface area (Å²) in [5, 5.41) is 2.83. The third kappa shape index (κ3) is 3.32. The maximum atomic E-state index is 12.4. The van der Waals surface area contributed by atoms with Gasteiger partial charge >= 0.3 is 5.97 Å². The maximum Gasteiger partial charge on any atom is 0.339 e. The van der Waals surface area contributed by atoms with Crippen LogP contribution in [0.15, 0.2) is 48.5 Å². The second kappa shape index (κ2) is 6.11. The zero-order valence-electron chi connectivity index (χ0n) is 14.1. The van der Waals surface area contributed by atoms with Gasteiger partial charge in [0.15, 0.2) is 6.10 Å². The number of anilines is 1. The van der Waals surface area contributed by atoms with Gasteiger partial charge in [0.05, 0.1) is 5.56 Å². The van der Waals surface area contributed by atoms with Crippen LogP contribution in [0.4, 0.5) is 5.69 Å². The van der Waals surface area contributed by atoms with Gasteiger partial charge in [0.2, 0.25) is 0 Å². The lowest BCUT2D eigenvalue weighted by Gasteiger charge is -2.24. The van der Waals surface area contributed by atoms with Crippen molar-refractivity contribution >= 4 is 17.6 Å². The largest absolute Gasteiger partial charge is 0.448 e. The fourth-order valence-electron chi connectivity index (χ4n) is 2.75. The van der Waals surface area contributed by atoms with E-state index >= 15 is 0 Å². The topological polar surface area (TPSA) is 55.4 Å². The third-order valence-corrected chi connectivity index (χ3v) is 4.20. The van der Waals surface area contributed by atoms with Crippen LogP contribution in [0.25, 0.3) is 0 Å². The van der Waals surface area contributed by atoms with Crippen molar-refractivity contribution in [1.82, 2.24) is 0 Å². The summed E-state index contributed by atoms with van der Waals surface area (Å²) in [5.74, 6) is -0.749. The second-order valence-electron chi connectivity index (χ2n) is 7.07. The van der Waals surface area contributed by atoms with Crippen molar-refractivity contribution in [2.45, 2.75) is 38.7 Å². The van der Waals surface area contributed by atoms with Crippen molar-refractivity contribution in [1.29, 1.82) is 0 Å². The quantitative estimate of drug-likeness (QED) is 0.857. The van der Waals surface area contributed by atoms with E-state index in [0.29, 0.717) is 17.7 Å². The van der Waals surface area contributed by atoms with Crippen LogP contribution in [0.2, 0.25) is 0 Å². The van der Waals surface area contributed by atoms with Gasteiger partial charge in [-0.3, -0.25) is 4.79 Å². The maximum absolute atomic E-state index is 12.4. The predicted molar refractivity (Wildman–Crippen MR) is 93.1 cm³/mol. The van der Waals surface area contributed by atoms with Crippen LogP contribution >= 0.6 is 0 Å². The predicted octanol–water partition coefficient (Wildman–Crippen LogP) is 3.70. The molecule has 1 atom stereocenters. The van der Waals surface area contributed by atoms with E-state index in [1.54, 1.807) is 12.1 Å². The second-order valence-corrected chi connectivity index (χ2v) is 7.07. The molecule has 0 saturated heterocycles. The summed E-state index contributed by atoms with van der Waals surface area (Å²) in [7, 11) is 0. The Bertz CT molecular complexity index is 772. The van der Waals surface area contributed by atoms with E-state index in [1.807, 2.05) is 36.4 Å². The molecule has 4 nitrogen and oxygen atoms in total. The van der Waals surface area contributed by atoms with Crippen molar-refractivity contribution in [3.05, 3.63) is 65.2 Å². The molecule has 3 rings (SSSR count). The molecule has 0 bridgehead atoms. The van der Waals surface area contributed by atoms with Gasteiger partial charge in [-0.15, -0.1) is 0 Å². The molecule has 1 heterocycles. The van der Waals surface area contributed by atoms with Crippen LogP contribution in [-0.4, -0.2) is 18.0 Å². The molecule has 1 unspecified atom stereocenters. The number of rotatable bonds is 2. The number of benzene rings is 2. The lowest BCUT2D eigenvalue weighted by Crippen LogP contribution is -2.37. The Morgan fingerprint density at radius 3 is 2.42 bits per heavy atom. The summed E-state index contributed by atoms with van der Waals surface area (Å²) in [6.45, 7) is 6.42. The first-order valence-corrected chi connectivity index (χ1v) is 8.05. The molecular weight excluding hydrogens is 302 g/mol. The van der Waals surface area contributed by atoms with E-state index in [0.717, 1.165) is 5.56 Å². The zero-order chi connectivity index (χ0) is 17.3. The monoisotopic (exact) mass is 323 g/mol. The molecule has 0 radical (unpaired) electrons. The SMILES string of the molecule is CC(C)(C)c1ccc(NC(=O)C2Cc3ccccc3C(=O)O2)cc1. The first-order valence-electron chi connectivity index (χ1n) is 8.05. The third-order valence-electron chi connectivity index (χ3n) is 4.20. The minimum atomic E-state index is -0.797. The van der Waals surface area contributed by atoms with Gasteiger partial charge in [-0.25, -0.2) is 4.79 Å². The molecule has 1 N–H and O–H groups in total. The molecule has 24 heavy (non-hydrogen) atoms. The zero-order valence-corrected chi connectivity index (χ0v) is 14.1. The van der Waals surface area contributed by atoms with Crippen LogP contribution < -0.4 is 5.32 Å². The first-order chi connectivity index (χ1) is 11.3. The Labute approximate surface area is 141 Å². The van der Waals surface area contributed by atoms with Crippen molar-refractivity contribution in [2.75, 3.05) is 5.32 Å². The van der Waals surface area contributed by atoms with E-state index in [-0.39, 0.29) is 11.3 Å². The van der Waals surface area contributed by atoms with Gasteiger partial charge in [-0.2, -0.15) is 0 Å². The van der Waals surface area contributed by atoms with Gasteiger partial charge in [0, 0.05) is 12.1 Å². The minimum absolute atomic E-state index is 0.0607. The lowest BCUT2D eigenvalue weighted by atomic mass is 9.87. The van der Waals surface area contributed by atoms with Gasteiger partial charge < -0.3 is 10.1 Å². The molecule has 1 aliphatic rings. The fraction of sp³-hybridized carbons (Fsp3) is 0.300. The number of fused-ring (bicyclic) bond motifs is 1. The first kappa shape index (κ1) is 16.2. The van der Waals surface area contributed by atoms with E-state index in [2.05, 4.69) is 26.1 Å². The summed E-state index contributed by atoms with van der Waals surface area (Å²) >= 11 is 0. The Morgan fingerprint density at radius 1 is 1.08 bits per heavy atom. The van der Waals surface area contributed by atoms with Gasteiger partial charge in [-0.1, -0.05) is 51.1 Å². The molecule has 0 spiro atoms. The Morgan fingerprint density at radius 2 is 1.75 bits per heavy atom. The average molecular weight is 323 g/mol. The number of esters is 1. The number of carbonyl (C=O) groups excluding carboxylic acids is 2. The highest BCUT2D eigenvalue weighted by Crippen LogP contribution is 2.24. The van der Waals surface area contributed by atoms with Crippen molar-refractivity contribution in [3.63, 3.8) is 0 Å². The highest BCUT2D eigenvalue weighted by molar-refractivity contribution is 6.00. The molecular formula is C20H21NO3. The molecule has 0 saturated carbocycles. The van der Waals surface area contributed by atoms with Crippen molar-refractivity contribution in [2.24, 2.45) is 0 Å². The molecule has 0 aromatic heterocycles. The van der Waals surface area contributed by atoms with Gasteiger partial charge in [0.1, 0.15) is 0 Å². The summed E-state index contributed by atoms with van der Waals surface area (Å²) in [4.78, 5) is 24.4. The summed E-state index contributed by atoms with van der Waals surface area (Å²) in [6, 6.07) is 15.0. The number of nitrogens with one attached hydrogen (secondary N) is 1. The van der Waals surface area contributed by atoms with Crippen molar-refractivity contribution in [3.8, 4) is 0 Å². The molecule has 2 aromatic carbocycles. The minimum Gasteiger partial charge on any atom is -0.448 e. The van der Waals surface area contributed by atoms with Gasteiger partial charge in [0.25, 0.3) is 5.91 Å². The van der Waals surface area contributed by atoms with Crippen LogP contribution in [0.1, 0.15) is 42.3 Å². The van der Waals surface area contributed by atoms with Gasteiger partial charge in [-0.05, 0) is 34.7 Å². The summed E-state index contributed by atoms with van der Waals surface area (Å²) < 4.78 is 5.27. The number of carbonyl (C=O) groups is 2. The molecule has 0 aliphatic carbocycles. The van der Waals surface area contributed by atoms with Crippen LogP contribution in [-0.2, 0) is 21.4 Å². The number of ether oxygens (including phenoxy) is 1. The Balaban J connectivity index is 1.71. The number of hydrogen-bond acceptors (Lipinski definition) is 3. The molecule has 0 fully saturated rings. The van der Waals surface area contributed by atoms with E-state index in [4.69, 9.17) is 4.74 Å². The molecule has 124 valence electrons. The summed E-state index contributed by atoms with van der Waals surface area (Å²) in [6.07, 6.45) is -0.400. The average Bonchev–Trinajstić information content (AvgIpc) is 2.54. The summed E-state index contributed by atoms with van der Waals surface area (Å²) in [5.41, 5.74) is 3.33. The highest BCUT2D eigenvalue weighted by Gasteiger charge is 2.31. The molecule has 1 amide bonds. The van der Waals surface area contributed by atoms with Crippen LogP contribution in [0.3, 0.4) is 0 Å². The van der Waals surface area contributed by atoms with E-state index in [9.17, 15) is 9.59 Å². The Kier molecular flexibility index (Phi) is 4.14. The van der Waals surface area contributed by atoms with E-state index in [1.165, 1.54) is 5.56 Å². The Hall–Kier alpha value is -2.62. The highest BCUT2D eigenvalue weighted by atomic mass is 16.5. The lowest BCUT2D eigenvalue weighted by molar-refractivity contribution is -0.125. The molecule has 1 aliphatic heterocycles. The smallest absolute Gasteiger partial charge is 0.339 e. The normalized spacial score (nSPS) is 17.0. The number of amides is 1.